The quantitative estimate of drug-likeness (QED) is 0.526. The lowest BCUT2D eigenvalue weighted by molar-refractivity contribution is -0.118. The van der Waals surface area contributed by atoms with Crippen molar-refractivity contribution in [1.29, 1.82) is 0 Å². The van der Waals surface area contributed by atoms with Crippen LogP contribution in [0.4, 0.5) is 0 Å². The largest absolute Gasteiger partial charge is 0.492 e. The van der Waals surface area contributed by atoms with Crippen LogP contribution in [0.3, 0.4) is 0 Å². The van der Waals surface area contributed by atoms with Gasteiger partial charge < -0.3 is 10.1 Å². The average molecular weight is 477 g/mol. The zero-order valence-corrected chi connectivity index (χ0v) is 20.4. The van der Waals surface area contributed by atoms with Crippen molar-refractivity contribution in [3.8, 4) is 5.75 Å². The first-order valence-corrected chi connectivity index (χ1v) is 13.6. The van der Waals surface area contributed by atoms with E-state index in [1.54, 1.807) is 40.3 Å². The van der Waals surface area contributed by atoms with Crippen LogP contribution in [-0.4, -0.2) is 50.6 Å². The van der Waals surface area contributed by atoms with E-state index in [0.29, 0.717) is 42.6 Å². The number of piperidine rings is 1. The molecule has 2 aromatic rings. The normalized spacial score (nSPS) is 14.8. The highest BCUT2D eigenvalue weighted by Crippen LogP contribution is 2.22. The van der Waals surface area contributed by atoms with Crippen LogP contribution in [0.5, 0.6) is 5.75 Å². The Kier molecular flexibility index (Phi) is 9.02. The number of nitrogens with one attached hydrogen (secondary N) is 1. The minimum absolute atomic E-state index is 0.0223. The van der Waals surface area contributed by atoms with E-state index in [4.69, 9.17) is 4.74 Å². The zero-order chi connectivity index (χ0) is 23.0. The van der Waals surface area contributed by atoms with Crippen molar-refractivity contribution in [1.82, 2.24) is 9.62 Å². The Labute approximate surface area is 195 Å². The number of carbonyl (C=O) groups excluding carboxylic acids is 1. The van der Waals surface area contributed by atoms with Crippen LogP contribution in [0.2, 0.25) is 0 Å². The van der Waals surface area contributed by atoms with Gasteiger partial charge in [0.2, 0.25) is 15.9 Å². The molecule has 0 saturated carbocycles. The van der Waals surface area contributed by atoms with Crippen LogP contribution in [0.15, 0.2) is 47.4 Å². The van der Waals surface area contributed by atoms with Gasteiger partial charge in [-0.3, -0.25) is 4.79 Å². The molecule has 1 fully saturated rings. The molecule has 174 valence electrons. The summed E-state index contributed by atoms with van der Waals surface area (Å²) >= 11 is 1.59. The number of hydrogen-bond acceptors (Lipinski definition) is 5. The predicted molar refractivity (Wildman–Crippen MR) is 130 cm³/mol. The van der Waals surface area contributed by atoms with E-state index in [9.17, 15) is 13.2 Å². The maximum absolute atomic E-state index is 12.7. The van der Waals surface area contributed by atoms with E-state index < -0.39 is 10.0 Å². The molecule has 1 heterocycles. The number of benzene rings is 2. The second-order valence-corrected chi connectivity index (χ2v) is 11.0. The molecule has 0 radical (unpaired) electrons. The van der Waals surface area contributed by atoms with Gasteiger partial charge in [0.1, 0.15) is 12.4 Å². The Balaban J connectivity index is 1.35. The molecule has 0 spiro atoms. The van der Waals surface area contributed by atoms with Crippen LogP contribution >= 0.6 is 11.8 Å². The third-order valence-electron chi connectivity index (χ3n) is 5.25. The smallest absolute Gasteiger partial charge is 0.243 e. The van der Waals surface area contributed by atoms with Crippen LogP contribution in [0, 0.1) is 13.8 Å². The molecule has 6 nitrogen and oxygen atoms in total. The first kappa shape index (κ1) is 24.6. The molecule has 0 bridgehead atoms. The fraction of sp³-hybridized carbons (Fsp3) is 0.458. The molecule has 0 aliphatic carbocycles. The second-order valence-electron chi connectivity index (χ2n) is 8.12. The SMILES string of the molecule is Cc1cc(C)cc(CSCC(=O)NCCOc2ccc(S(=O)(=O)N3CCCCC3)cc2)c1. The molecule has 2 aromatic carbocycles. The minimum Gasteiger partial charge on any atom is -0.492 e. The summed E-state index contributed by atoms with van der Waals surface area (Å²) in [6, 6.07) is 12.9. The van der Waals surface area contributed by atoms with E-state index >= 15 is 0 Å². The summed E-state index contributed by atoms with van der Waals surface area (Å²) in [5.74, 6) is 1.77. The van der Waals surface area contributed by atoms with Crippen LogP contribution < -0.4 is 10.1 Å². The minimum atomic E-state index is -3.43. The zero-order valence-electron chi connectivity index (χ0n) is 18.8. The standard InChI is InChI=1S/C24H32N2O4S2/c1-19-14-20(2)16-21(15-19)17-31-18-24(27)25-10-13-30-22-6-8-23(9-7-22)32(28,29)26-11-4-3-5-12-26/h6-9,14-16H,3-5,10-13,17-18H2,1-2H3,(H,25,27). The molecule has 1 saturated heterocycles. The van der Waals surface area contributed by atoms with Gasteiger partial charge in [0.25, 0.3) is 0 Å². The Morgan fingerprint density at radius 3 is 2.34 bits per heavy atom. The number of sulfonamides is 1. The van der Waals surface area contributed by atoms with Gasteiger partial charge in [0.05, 0.1) is 17.2 Å². The summed E-state index contributed by atoms with van der Waals surface area (Å²) in [5, 5.41) is 2.85. The van der Waals surface area contributed by atoms with Gasteiger partial charge >= 0.3 is 0 Å². The number of aryl methyl sites for hydroxylation is 2. The van der Waals surface area contributed by atoms with Crippen molar-refractivity contribution in [3.05, 3.63) is 59.2 Å². The lowest BCUT2D eigenvalue weighted by Crippen LogP contribution is -2.35. The van der Waals surface area contributed by atoms with Gasteiger partial charge in [-0.15, -0.1) is 11.8 Å². The Bertz CT molecular complexity index is 981. The van der Waals surface area contributed by atoms with Gasteiger partial charge in [-0.2, -0.15) is 4.31 Å². The molecular formula is C24H32N2O4S2. The van der Waals surface area contributed by atoms with Crippen molar-refractivity contribution < 1.29 is 17.9 Å². The third-order valence-corrected chi connectivity index (χ3v) is 8.17. The molecule has 1 N–H and O–H groups in total. The average Bonchev–Trinajstić information content (AvgIpc) is 2.77. The predicted octanol–water partition coefficient (Wildman–Crippen LogP) is 3.91. The van der Waals surface area contributed by atoms with Crippen molar-refractivity contribution in [2.24, 2.45) is 0 Å². The number of hydrogen-bond donors (Lipinski definition) is 1. The number of carbonyl (C=O) groups is 1. The van der Waals surface area contributed by atoms with E-state index in [0.717, 1.165) is 25.0 Å². The molecular weight excluding hydrogens is 444 g/mol. The number of thioether (sulfide) groups is 1. The number of rotatable bonds is 10. The fourth-order valence-corrected chi connectivity index (χ4v) is 6.10. The van der Waals surface area contributed by atoms with Crippen molar-refractivity contribution in [3.63, 3.8) is 0 Å². The summed E-state index contributed by atoms with van der Waals surface area (Å²) in [4.78, 5) is 12.3. The van der Waals surface area contributed by atoms with Gasteiger partial charge in [0, 0.05) is 18.8 Å². The molecule has 8 heteroatoms. The first-order valence-electron chi connectivity index (χ1n) is 11.0. The maximum atomic E-state index is 12.7. The number of ether oxygens (including phenoxy) is 1. The molecule has 1 amide bonds. The van der Waals surface area contributed by atoms with Crippen LogP contribution in [0.25, 0.3) is 0 Å². The van der Waals surface area contributed by atoms with Crippen molar-refractivity contribution in [2.45, 2.75) is 43.8 Å². The fourth-order valence-electron chi connectivity index (χ4n) is 3.79. The lowest BCUT2D eigenvalue weighted by Gasteiger charge is -2.25. The highest BCUT2D eigenvalue weighted by atomic mass is 32.2. The van der Waals surface area contributed by atoms with E-state index in [2.05, 4.69) is 37.4 Å². The summed E-state index contributed by atoms with van der Waals surface area (Å²) < 4.78 is 32.6. The van der Waals surface area contributed by atoms with E-state index in [1.807, 2.05) is 0 Å². The molecule has 1 aliphatic rings. The Hall–Kier alpha value is -2.03. The summed E-state index contributed by atoms with van der Waals surface area (Å²) in [6.45, 7) is 6.05. The van der Waals surface area contributed by atoms with E-state index in [1.165, 1.54) is 16.7 Å². The molecule has 1 aliphatic heterocycles. The van der Waals surface area contributed by atoms with Crippen molar-refractivity contribution >= 4 is 27.7 Å². The van der Waals surface area contributed by atoms with E-state index in [-0.39, 0.29) is 5.91 Å². The van der Waals surface area contributed by atoms with Crippen molar-refractivity contribution in [2.75, 3.05) is 32.0 Å². The Morgan fingerprint density at radius 1 is 1.03 bits per heavy atom. The van der Waals surface area contributed by atoms with Crippen LogP contribution in [0.1, 0.15) is 36.0 Å². The first-order chi connectivity index (χ1) is 15.3. The molecule has 0 aromatic heterocycles. The molecule has 0 unspecified atom stereocenters. The topological polar surface area (TPSA) is 75.7 Å². The monoisotopic (exact) mass is 476 g/mol. The highest BCUT2D eigenvalue weighted by Gasteiger charge is 2.25. The molecule has 3 rings (SSSR count). The van der Waals surface area contributed by atoms with Gasteiger partial charge in [0.15, 0.2) is 0 Å². The summed E-state index contributed by atoms with van der Waals surface area (Å²) in [5.41, 5.74) is 3.70. The van der Waals surface area contributed by atoms with Crippen LogP contribution in [-0.2, 0) is 20.6 Å². The number of nitrogens with zero attached hydrogens (tertiary/aromatic N) is 1. The summed E-state index contributed by atoms with van der Waals surface area (Å²) in [6.07, 6.45) is 2.91. The molecule has 32 heavy (non-hydrogen) atoms. The Morgan fingerprint density at radius 2 is 1.69 bits per heavy atom. The maximum Gasteiger partial charge on any atom is 0.243 e. The van der Waals surface area contributed by atoms with Gasteiger partial charge in [-0.05, 0) is 56.5 Å². The van der Waals surface area contributed by atoms with Gasteiger partial charge in [-0.25, -0.2) is 8.42 Å². The lowest BCUT2D eigenvalue weighted by atomic mass is 10.1. The molecule has 0 atom stereocenters. The summed E-state index contributed by atoms with van der Waals surface area (Å²) in [7, 11) is -3.43. The number of amides is 1. The second kappa shape index (κ2) is 11.7. The van der Waals surface area contributed by atoms with Gasteiger partial charge in [-0.1, -0.05) is 35.7 Å². The highest BCUT2D eigenvalue weighted by molar-refractivity contribution is 7.99. The third kappa shape index (κ3) is 7.25.